The van der Waals surface area contributed by atoms with Crippen molar-refractivity contribution in [2.24, 2.45) is 0 Å². The molecule has 0 saturated carbocycles. The topological polar surface area (TPSA) is 101 Å². The number of hydrogen-bond donors (Lipinski definition) is 2. The fourth-order valence-corrected chi connectivity index (χ4v) is 1.64. The van der Waals surface area contributed by atoms with Gasteiger partial charge in [0, 0.05) is 7.11 Å². The van der Waals surface area contributed by atoms with Gasteiger partial charge in [-0.3, -0.25) is 9.78 Å². The van der Waals surface area contributed by atoms with Crippen LogP contribution in [0.4, 0.5) is 0 Å². The van der Waals surface area contributed by atoms with Crippen LogP contribution < -0.4 is 5.32 Å². The van der Waals surface area contributed by atoms with Gasteiger partial charge in [0.2, 0.25) is 0 Å². The lowest BCUT2D eigenvalue weighted by atomic mass is 10.2. The summed E-state index contributed by atoms with van der Waals surface area (Å²) in [5, 5.41) is 11.3. The second-order valence-corrected chi connectivity index (χ2v) is 4.06. The standard InChI is InChI=1S/C13H13N3O4/c1-20-7-11(13(18)19)16-12(17)10-6-14-8-4-2-3-5-9(8)15-10/h2-6,11H,7H2,1H3,(H,16,17)(H,18,19). The van der Waals surface area contributed by atoms with Crippen LogP contribution in [0.3, 0.4) is 0 Å². The van der Waals surface area contributed by atoms with Gasteiger partial charge >= 0.3 is 5.97 Å². The van der Waals surface area contributed by atoms with E-state index in [2.05, 4.69) is 15.3 Å². The maximum atomic E-state index is 11.9. The maximum absolute atomic E-state index is 11.9. The first kappa shape index (κ1) is 13.9. The first-order chi connectivity index (χ1) is 9.61. The van der Waals surface area contributed by atoms with Crippen molar-refractivity contribution in [1.29, 1.82) is 0 Å². The summed E-state index contributed by atoms with van der Waals surface area (Å²) < 4.78 is 4.74. The van der Waals surface area contributed by atoms with Crippen LogP contribution in [0.25, 0.3) is 11.0 Å². The summed E-state index contributed by atoms with van der Waals surface area (Å²) >= 11 is 0. The number of fused-ring (bicyclic) bond motifs is 1. The van der Waals surface area contributed by atoms with Gasteiger partial charge in [0.15, 0.2) is 6.04 Å². The maximum Gasteiger partial charge on any atom is 0.328 e. The Bertz CT molecular complexity index is 644. The third-order valence-corrected chi connectivity index (χ3v) is 2.62. The molecule has 2 rings (SSSR count). The van der Waals surface area contributed by atoms with Crippen LogP contribution in [0, 0.1) is 0 Å². The Labute approximate surface area is 114 Å². The zero-order chi connectivity index (χ0) is 14.5. The van der Waals surface area contributed by atoms with Crippen molar-refractivity contribution in [2.75, 3.05) is 13.7 Å². The molecule has 0 fully saturated rings. The highest BCUT2D eigenvalue weighted by Gasteiger charge is 2.21. The fraction of sp³-hybridized carbons (Fsp3) is 0.231. The van der Waals surface area contributed by atoms with Crippen molar-refractivity contribution in [2.45, 2.75) is 6.04 Å². The third-order valence-electron chi connectivity index (χ3n) is 2.62. The number of carbonyl (C=O) groups excluding carboxylic acids is 1. The van der Waals surface area contributed by atoms with Gasteiger partial charge in [0.05, 0.1) is 23.8 Å². The lowest BCUT2D eigenvalue weighted by Crippen LogP contribution is -2.44. The second-order valence-electron chi connectivity index (χ2n) is 4.06. The van der Waals surface area contributed by atoms with E-state index in [4.69, 9.17) is 9.84 Å². The molecular formula is C13H13N3O4. The number of nitrogens with zero attached hydrogens (tertiary/aromatic N) is 2. The van der Waals surface area contributed by atoms with Crippen molar-refractivity contribution in [3.8, 4) is 0 Å². The molecule has 0 radical (unpaired) electrons. The van der Waals surface area contributed by atoms with Crippen molar-refractivity contribution in [3.63, 3.8) is 0 Å². The number of para-hydroxylation sites is 2. The predicted molar refractivity (Wildman–Crippen MR) is 70.3 cm³/mol. The Kier molecular flexibility index (Phi) is 4.21. The van der Waals surface area contributed by atoms with Crippen LogP contribution in [-0.4, -0.2) is 46.7 Å². The molecule has 2 aromatic rings. The smallest absolute Gasteiger partial charge is 0.328 e. The van der Waals surface area contributed by atoms with Crippen LogP contribution in [-0.2, 0) is 9.53 Å². The summed E-state index contributed by atoms with van der Waals surface area (Å²) in [4.78, 5) is 31.1. The molecule has 0 aliphatic heterocycles. The lowest BCUT2D eigenvalue weighted by molar-refractivity contribution is -0.140. The van der Waals surface area contributed by atoms with Crippen molar-refractivity contribution < 1.29 is 19.4 Å². The van der Waals surface area contributed by atoms with E-state index in [-0.39, 0.29) is 12.3 Å². The van der Waals surface area contributed by atoms with E-state index in [1.807, 2.05) is 6.07 Å². The van der Waals surface area contributed by atoms with Crippen LogP contribution in [0.2, 0.25) is 0 Å². The molecule has 1 unspecified atom stereocenters. The molecule has 1 aromatic carbocycles. The number of ether oxygens (including phenoxy) is 1. The van der Waals surface area contributed by atoms with E-state index >= 15 is 0 Å². The number of carbonyl (C=O) groups is 2. The molecule has 0 spiro atoms. The van der Waals surface area contributed by atoms with Gasteiger partial charge in [-0.05, 0) is 12.1 Å². The Hall–Kier alpha value is -2.54. The molecule has 7 heteroatoms. The van der Waals surface area contributed by atoms with E-state index in [1.54, 1.807) is 18.2 Å². The SMILES string of the molecule is COCC(NC(=O)c1cnc2ccccc2n1)C(=O)O. The summed E-state index contributed by atoms with van der Waals surface area (Å²) in [5.41, 5.74) is 1.29. The number of methoxy groups -OCH3 is 1. The van der Waals surface area contributed by atoms with E-state index in [1.165, 1.54) is 13.3 Å². The van der Waals surface area contributed by atoms with Gasteiger partial charge in [-0.2, -0.15) is 0 Å². The number of amides is 1. The summed E-state index contributed by atoms with van der Waals surface area (Å²) in [6, 6.07) is 5.97. The first-order valence-electron chi connectivity index (χ1n) is 5.86. The number of rotatable bonds is 5. The van der Waals surface area contributed by atoms with Gasteiger partial charge in [0.1, 0.15) is 5.69 Å². The quantitative estimate of drug-likeness (QED) is 0.822. The van der Waals surface area contributed by atoms with Gasteiger partial charge < -0.3 is 15.2 Å². The number of benzene rings is 1. The van der Waals surface area contributed by atoms with Crippen LogP contribution in [0.1, 0.15) is 10.5 Å². The van der Waals surface area contributed by atoms with Gasteiger partial charge in [0.25, 0.3) is 5.91 Å². The fourth-order valence-electron chi connectivity index (χ4n) is 1.64. The Balaban J connectivity index is 2.20. The molecule has 0 bridgehead atoms. The summed E-state index contributed by atoms with van der Waals surface area (Å²) in [6.07, 6.45) is 1.31. The highest BCUT2D eigenvalue weighted by Crippen LogP contribution is 2.08. The Morgan fingerprint density at radius 2 is 2.05 bits per heavy atom. The summed E-state index contributed by atoms with van der Waals surface area (Å²) in [5.74, 6) is -1.78. The van der Waals surface area contributed by atoms with E-state index in [9.17, 15) is 9.59 Å². The molecule has 1 amide bonds. The lowest BCUT2D eigenvalue weighted by Gasteiger charge is -2.12. The molecule has 104 valence electrons. The van der Waals surface area contributed by atoms with Crippen LogP contribution >= 0.6 is 0 Å². The highest BCUT2D eigenvalue weighted by molar-refractivity contribution is 5.96. The van der Waals surface area contributed by atoms with Crippen molar-refractivity contribution >= 4 is 22.9 Å². The minimum absolute atomic E-state index is 0.0612. The van der Waals surface area contributed by atoms with Crippen LogP contribution in [0.15, 0.2) is 30.5 Å². The third kappa shape index (κ3) is 3.07. The Morgan fingerprint density at radius 3 is 2.70 bits per heavy atom. The zero-order valence-corrected chi connectivity index (χ0v) is 10.7. The van der Waals surface area contributed by atoms with E-state index in [0.29, 0.717) is 11.0 Å². The van der Waals surface area contributed by atoms with Gasteiger partial charge in [-0.1, -0.05) is 12.1 Å². The number of aromatic nitrogens is 2. The van der Waals surface area contributed by atoms with Gasteiger partial charge in [-0.15, -0.1) is 0 Å². The largest absolute Gasteiger partial charge is 0.480 e. The summed E-state index contributed by atoms with van der Waals surface area (Å²) in [6.45, 7) is -0.123. The number of nitrogens with one attached hydrogen (secondary N) is 1. The summed E-state index contributed by atoms with van der Waals surface area (Å²) in [7, 11) is 1.36. The van der Waals surface area contributed by atoms with E-state index < -0.39 is 17.9 Å². The molecule has 0 aliphatic rings. The molecule has 1 aromatic heterocycles. The predicted octanol–water partition coefficient (Wildman–Crippen LogP) is 0.459. The van der Waals surface area contributed by atoms with Crippen molar-refractivity contribution in [1.82, 2.24) is 15.3 Å². The average molecular weight is 275 g/mol. The molecule has 20 heavy (non-hydrogen) atoms. The number of aliphatic carboxylic acids is 1. The number of carboxylic acid groups (broad SMARTS) is 1. The minimum atomic E-state index is -1.17. The molecule has 7 nitrogen and oxygen atoms in total. The zero-order valence-electron chi connectivity index (χ0n) is 10.7. The average Bonchev–Trinajstić information content (AvgIpc) is 2.46. The monoisotopic (exact) mass is 275 g/mol. The highest BCUT2D eigenvalue weighted by atomic mass is 16.5. The molecular weight excluding hydrogens is 262 g/mol. The number of carboxylic acids is 1. The normalized spacial score (nSPS) is 12.1. The second kappa shape index (κ2) is 6.07. The molecule has 2 N–H and O–H groups in total. The van der Waals surface area contributed by atoms with Crippen LogP contribution in [0.5, 0.6) is 0 Å². The van der Waals surface area contributed by atoms with Crippen molar-refractivity contribution in [3.05, 3.63) is 36.2 Å². The molecule has 0 aliphatic carbocycles. The minimum Gasteiger partial charge on any atom is -0.480 e. The molecule has 1 heterocycles. The first-order valence-corrected chi connectivity index (χ1v) is 5.86. The molecule has 1 atom stereocenters. The van der Waals surface area contributed by atoms with E-state index in [0.717, 1.165) is 0 Å². The van der Waals surface area contributed by atoms with Gasteiger partial charge in [-0.25, -0.2) is 9.78 Å². The number of hydrogen-bond acceptors (Lipinski definition) is 5. The molecule has 0 saturated heterocycles. The Morgan fingerprint density at radius 1 is 1.35 bits per heavy atom.